The van der Waals surface area contributed by atoms with Gasteiger partial charge in [0.25, 0.3) is 11.6 Å². The van der Waals surface area contributed by atoms with Gasteiger partial charge in [0.1, 0.15) is 11.2 Å². The summed E-state index contributed by atoms with van der Waals surface area (Å²) >= 11 is 0. The van der Waals surface area contributed by atoms with Crippen LogP contribution < -0.4 is 5.32 Å². The Morgan fingerprint density at radius 3 is 2.60 bits per heavy atom. The Bertz CT molecular complexity index is 825. The zero-order valence-electron chi connectivity index (χ0n) is 13.2. The quantitative estimate of drug-likeness (QED) is 0.630. The molecule has 0 bridgehead atoms. The molecule has 0 aliphatic heterocycles. The van der Waals surface area contributed by atoms with Crippen molar-refractivity contribution in [3.05, 3.63) is 52.6 Å². The van der Waals surface area contributed by atoms with Crippen LogP contribution in [0.25, 0.3) is 5.69 Å². The number of rotatable bonds is 5. The van der Waals surface area contributed by atoms with Crippen LogP contribution in [0.5, 0.6) is 0 Å². The van der Waals surface area contributed by atoms with Crippen molar-refractivity contribution in [3.63, 3.8) is 0 Å². The van der Waals surface area contributed by atoms with E-state index >= 15 is 0 Å². The maximum Gasteiger partial charge on any atom is 0.329 e. The second kappa shape index (κ2) is 6.34. The zero-order chi connectivity index (χ0) is 18.0. The summed E-state index contributed by atoms with van der Waals surface area (Å²) in [4.78, 5) is 38.6. The molecule has 1 heterocycles. The number of aromatic nitrogens is 2. The number of hydrogen-bond donors (Lipinski definition) is 2. The fourth-order valence-electron chi connectivity index (χ4n) is 3.09. The maximum atomic E-state index is 12.5. The topological polar surface area (TPSA) is 127 Å². The van der Waals surface area contributed by atoms with Crippen molar-refractivity contribution in [2.24, 2.45) is 0 Å². The van der Waals surface area contributed by atoms with Crippen LogP contribution in [0.2, 0.25) is 0 Å². The molecule has 9 nitrogen and oxygen atoms in total. The smallest absolute Gasteiger partial charge is 0.329 e. The summed E-state index contributed by atoms with van der Waals surface area (Å²) in [5, 5.41) is 23.3. The van der Waals surface area contributed by atoms with Gasteiger partial charge in [0.05, 0.1) is 11.3 Å². The average Bonchev–Trinajstić information content (AvgIpc) is 3.26. The number of carboxylic acids is 1. The maximum absolute atomic E-state index is 12.5. The van der Waals surface area contributed by atoms with Crippen molar-refractivity contribution < 1.29 is 19.6 Å². The number of imidazole rings is 1. The SMILES string of the molecule is O=C(NC1(C(=O)O)CCCC1)c1ccc(-n2ccnc2)c([N+](=O)[O-])c1. The van der Waals surface area contributed by atoms with E-state index in [0.717, 1.165) is 6.07 Å². The second-order valence-electron chi connectivity index (χ2n) is 5.98. The zero-order valence-corrected chi connectivity index (χ0v) is 13.2. The highest BCUT2D eigenvalue weighted by Crippen LogP contribution is 2.31. The van der Waals surface area contributed by atoms with Gasteiger partial charge in [0, 0.05) is 24.0 Å². The van der Waals surface area contributed by atoms with Crippen molar-refractivity contribution in [2.45, 2.75) is 31.2 Å². The van der Waals surface area contributed by atoms with E-state index < -0.39 is 22.3 Å². The van der Waals surface area contributed by atoms with Crippen LogP contribution in [-0.4, -0.2) is 37.0 Å². The molecule has 9 heteroatoms. The van der Waals surface area contributed by atoms with Gasteiger partial charge >= 0.3 is 5.97 Å². The van der Waals surface area contributed by atoms with Gasteiger partial charge in [0.2, 0.25) is 0 Å². The van der Waals surface area contributed by atoms with E-state index in [9.17, 15) is 24.8 Å². The van der Waals surface area contributed by atoms with Gasteiger partial charge < -0.3 is 15.0 Å². The van der Waals surface area contributed by atoms with Gasteiger partial charge in [-0.15, -0.1) is 0 Å². The van der Waals surface area contributed by atoms with Crippen LogP contribution in [0.4, 0.5) is 5.69 Å². The van der Waals surface area contributed by atoms with E-state index in [0.29, 0.717) is 25.7 Å². The number of carbonyl (C=O) groups excluding carboxylic acids is 1. The molecule has 0 atom stereocenters. The highest BCUT2D eigenvalue weighted by Gasteiger charge is 2.42. The lowest BCUT2D eigenvalue weighted by Crippen LogP contribution is -2.52. The Kier molecular flexibility index (Phi) is 4.22. The first-order valence-corrected chi connectivity index (χ1v) is 7.76. The monoisotopic (exact) mass is 344 g/mol. The highest BCUT2D eigenvalue weighted by molar-refractivity contribution is 5.98. The average molecular weight is 344 g/mol. The van der Waals surface area contributed by atoms with Gasteiger partial charge in [-0.2, -0.15) is 0 Å². The van der Waals surface area contributed by atoms with E-state index in [1.165, 1.54) is 29.2 Å². The Morgan fingerprint density at radius 1 is 1.32 bits per heavy atom. The molecule has 1 fully saturated rings. The Hall–Kier alpha value is -3.23. The number of carbonyl (C=O) groups is 2. The molecule has 0 radical (unpaired) electrons. The minimum absolute atomic E-state index is 0.0445. The first-order chi connectivity index (χ1) is 11.9. The van der Waals surface area contributed by atoms with Crippen molar-refractivity contribution in [1.82, 2.24) is 14.9 Å². The Morgan fingerprint density at radius 2 is 2.04 bits per heavy atom. The molecule has 1 aliphatic rings. The molecule has 2 aromatic rings. The number of aliphatic carboxylic acids is 1. The molecule has 0 saturated heterocycles. The first kappa shape index (κ1) is 16.6. The summed E-state index contributed by atoms with van der Waals surface area (Å²) in [6.07, 6.45) is 6.59. The van der Waals surface area contributed by atoms with Crippen LogP contribution in [0.1, 0.15) is 36.0 Å². The van der Waals surface area contributed by atoms with Gasteiger partial charge in [-0.05, 0) is 25.0 Å². The molecular weight excluding hydrogens is 328 g/mol. The fraction of sp³-hybridized carbons (Fsp3) is 0.312. The minimum Gasteiger partial charge on any atom is -0.480 e. The number of benzene rings is 1. The summed E-state index contributed by atoms with van der Waals surface area (Å²) in [7, 11) is 0. The number of nitrogens with one attached hydrogen (secondary N) is 1. The molecule has 3 rings (SSSR count). The molecule has 2 N–H and O–H groups in total. The lowest BCUT2D eigenvalue weighted by Gasteiger charge is -2.25. The molecule has 1 aliphatic carbocycles. The molecule has 0 unspecified atom stereocenters. The van der Waals surface area contributed by atoms with Crippen LogP contribution in [0, 0.1) is 10.1 Å². The predicted octanol–water partition coefficient (Wildman–Crippen LogP) is 1.91. The highest BCUT2D eigenvalue weighted by atomic mass is 16.6. The molecule has 0 spiro atoms. The lowest BCUT2D eigenvalue weighted by molar-refractivity contribution is -0.384. The van der Waals surface area contributed by atoms with Gasteiger partial charge in [0.15, 0.2) is 0 Å². The number of nitrogens with zero attached hydrogens (tertiary/aromatic N) is 3. The van der Waals surface area contributed by atoms with Crippen LogP contribution >= 0.6 is 0 Å². The third-order valence-electron chi connectivity index (χ3n) is 4.44. The van der Waals surface area contributed by atoms with E-state index in [4.69, 9.17) is 0 Å². The normalized spacial score (nSPS) is 15.7. The summed E-state index contributed by atoms with van der Waals surface area (Å²) in [6.45, 7) is 0. The Labute approximate surface area is 142 Å². The van der Waals surface area contributed by atoms with Crippen LogP contribution in [0.3, 0.4) is 0 Å². The van der Waals surface area contributed by atoms with Crippen molar-refractivity contribution in [2.75, 3.05) is 0 Å². The van der Waals surface area contributed by atoms with Crippen LogP contribution in [-0.2, 0) is 4.79 Å². The molecule has 1 amide bonds. The molecule has 1 aromatic heterocycles. The minimum atomic E-state index is -1.30. The summed E-state index contributed by atoms with van der Waals surface area (Å²) in [5.74, 6) is -1.72. The molecule has 1 aromatic carbocycles. The Balaban J connectivity index is 1.92. The number of nitro groups is 1. The van der Waals surface area contributed by atoms with E-state index in [1.54, 1.807) is 6.20 Å². The fourth-order valence-corrected chi connectivity index (χ4v) is 3.09. The van der Waals surface area contributed by atoms with Gasteiger partial charge in [-0.25, -0.2) is 9.78 Å². The lowest BCUT2D eigenvalue weighted by atomic mass is 9.97. The van der Waals surface area contributed by atoms with Crippen molar-refractivity contribution in [1.29, 1.82) is 0 Å². The number of nitro benzene ring substituents is 1. The predicted molar refractivity (Wildman–Crippen MR) is 86.5 cm³/mol. The summed E-state index contributed by atoms with van der Waals surface area (Å²) in [5.41, 5.74) is -1.24. The second-order valence-corrected chi connectivity index (χ2v) is 5.98. The van der Waals surface area contributed by atoms with Crippen LogP contribution in [0.15, 0.2) is 36.9 Å². The summed E-state index contributed by atoms with van der Waals surface area (Å²) < 4.78 is 1.47. The number of carboxylic acid groups (broad SMARTS) is 1. The van der Waals surface area contributed by atoms with Gasteiger partial charge in [-0.1, -0.05) is 12.8 Å². The van der Waals surface area contributed by atoms with Crippen molar-refractivity contribution in [3.8, 4) is 5.69 Å². The third-order valence-corrected chi connectivity index (χ3v) is 4.44. The largest absolute Gasteiger partial charge is 0.480 e. The summed E-state index contributed by atoms with van der Waals surface area (Å²) in [6, 6.07) is 4.02. The third kappa shape index (κ3) is 3.08. The molecule has 1 saturated carbocycles. The van der Waals surface area contributed by atoms with Gasteiger partial charge in [-0.3, -0.25) is 14.9 Å². The number of hydrogen-bond acceptors (Lipinski definition) is 5. The van der Waals surface area contributed by atoms with Crippen molar-refractivity contribution >= 4 is 17.6 Å². The first-order valence-electron chi connectivity index (χ1n) is 7.76. The molecule has 130 valence electrons. The molecule has 25 heavy (non-hydrogen) atoms. The number of amides is 1. The van der Waals surface area contributed by atoms with E-state index in [-0.39, 0.29) is 16.9 Å². The van der Waals surface area contributed by atoms with E-state index in [1.807, 2.05) is 0 Å². The standard InChI is InChI=1S/C16H16N4O5/c21-14(18-16(15(22)23)5-1-2-6-16)11-3-4-12(13(9-11)20(24)25)19-8-7-17-10-19/h3-4,7-10H,1-2,5-6H2,(H,18,21)(H,22,23). The van der Waals surface area contributed by atoms with E-state index in [2.05, 4.69) is 10.3 Å². The molecular formula is C16H16N4O5.